The van der Waals surface area contributed by atoms with Crippen molar-refractivity contribution in [3.05, 3.63) is 29.6 Å². The highest BCUT2D eigenvalue weighted by molar-refractivity contribution is 5.69. The van der Waals surface area contributed by atoms with E-state index in [0.29, 0.717) is 44.4 Å². The van der Waals surface area contributed by atoms with Crippen molar-refractivity contribution in [2.75, 3.05) is 36.9 Å². The average Bonchev–Trinajstić information content (AvgIpc) is 2.72. The first-order chi connectivity index (χ1) is 14.7. The molecule has 0 spiro atoms. The molecule has 1 atom stereocenters. The normalized spacial score (nSPS) is 19.2. The van der Waals surface area contributed by atoms with Gasteiger partial charge in [-0.15, -0.1) is 0 Å². The zero-order chi connectivity index (χ0) is 22.2. The zero-order valence-corrected chi connectivity index (χ0v) is 18.6. The van der Waals surface area contributed by atoms with E-state index in [0.717, 1.165) is 29.2 Å². The van der Waals surface area contributed by atoms with Crippen LogP contribution in [0.1, 0.15) is 39.0 Å². The SMILES string of the molecule is C[C@H]1COCCN1c1nc(-c2ccc(N)nc2)nc2c1CCN(C(=O)OC(C)(C)C)C2. The van der Waals surface area contributed by atoms with Crippen molar-refractivity contribution in [1.82, 2.24) is 19.9 Å². The number of fused-ring (bicyclic) bond motifs is 1. The van der Waals surface area contributed by atoms with Crippen LogP contribution >= 0.6 is 0 Å². The molecule has 1 saturated heterocycles. The molecule has 4 rings (SSSR count). The number of nitrogens with zero attached hydrogens (tertiary/aromatic N) is 5. The number of rotatable bonds is 2. The number of hydrogen-bond acceptors (Lipinski definition) is 8. The van der Waals surface area contributed by atoms with Gasteiger partial charge in [-0.25, -0.2) is 19.7 Å². The summed E-state index contributed by atoms with van der Waals surface area (Å²) in [5, 5.41) is 0. The summed E-state index contributed by atoms with van der Waals surface area (Å²) in [6, 6.07) is 3.81. The number of nitrogen functional groups attached to an aromatic ring is 1. The Labute approximate surface area is 182 Å². The molecule has 2 aliphatic heterocycles. The topological polar surface area (TPSA) is 107 Å². The zero-order valence-electron chi connectivity index (χ0n) is 18.6. The minimum Gasteiger partial charge on any atom is -0.444 e. The van der Waals surface area contributed by atoms with E-state index in [4.69, 9.17) is 25.2 Å². The fraction of sp³-hybridized carbons (Fsp3) is 0.545. The number of nitrogens with two attached hydrogens (primary N) is 1. The second-order valence-electron chi connectivity index (χ2n) is 9.04. The Hall–Kier alpha value is -2.94. The highest BCUT2D eigenvalue weighted by atomic mass is 16.6. The summed E-state index contributed by atoms with van der Waals surface area (Å²) in [5.74, 6) is 1.93. The van der Waals surface area contributed by atoms with Crippen molar-refractivity contribution in [3.63, 3.8) is 0 Å². The van der Waals surface area contributed by atoms with Gasteiger partial charge in [-0.3, -0.25) is 0 Å². The minimum absolute atomic E-state index is 0.203. The van der Waals surface area contributed by atoms with E-state index in [-0.39, 0.29) is 12.1 Å². The fourth-order valence-electron chi connectivity index (χ4n) is 3.84. The van der Waals surface area contributed by atoms with Crippen LogP contribution in [0.3, 0.4) is 0 Å². The first-order valence-electron chi connectivity index (χ1n) is 10.7. The molecule has 1 amide bonds. The summed E-state index contributed by atoms with van der Waals surface area (Å²) >= 11 is 0. The number of carbonyl (C=O) groups is 1. The quantitative estimate of drug-likeness (QED) is 0.781. The van der Waals surface area contributed by atoms with Crippen molar-refractivity contribution in [2.45, 2.75) is 52.3 Å². The molecule has 166 valence electrons. The van der Waals surface area contributed by atoms with Crippen LogP contribution in [-0.4, -0.2) is 63.9 Å². The Morgan fingerprint density at radius 2 is 2.06 bits per heavy atom. The number of anilines is 2. The fourth-order valence-corrected chi connectivity index (χ4v) is 3.84. The third kappa shape index (κ3) is 4.71. The summed E-state index contributed by atoms with van der Waals surface area (Å²) in [7, 11) is 0. The molecule has 0 aromatic carbocycles. The van der Waals surface area contributed by atoms with E-state index in [1.165, 1.54) is 0 Å². The summed E-state index contributed by atoms with van der Waals surface area (Å²) in [6.45, 7) is 10.8. The molecule has 9 heteroatoms. The Bertz CT molecular complexity index is 957. The van der Waals surface area contributed by atoms with E-state index in [1.807, 2.05) is 26.8 Å². The molecule has 2 aromatic heterocycles. The molecule has 0 saturated carbocycles. The van der Waals surface area contributed by atoms with Crippen LogP contribution in [-0.2, 0) is 22.4 Å². The smallest absolute Gasteiger partial charge is 0.410 e. The molecular formula is C22H30N6O3. The summed E-state index contributed by atoms with van der Waals surface area (Å²) < 4.78 is 11.2. The monoisotopic (exact) mass is 426 g/mol. The van der Waals surface area contributed by atoms with E-state index in [9.17, 15) is 4.79 Å². The van der Waals surface area contributed by atoms with Gasteiger partial charge in [0.25, 0.3) is 0 Å². The maximum absolute atomic E-state index is 12.7. The Kier molecular flexibility index (Phi) is 5.70. The lowest BCUT2D eigenvalue weighted by atomic mass is 10.0. The molecule has 2 aliphatic rings. The highest BCUT2D eigenvalue weighted by Gasteiger charge is 2.32. The third-order valence-corrected chi connectivity index (χ3v) is 5.38. The Morgan fingerprint density at radius 3 is 2.74 bits per heavy atom. The van der Waals surface area contributed by atoms with Crippen molar-refractivity contribution in [3.8, 4) is 11.4 Å². The summed E-state index contributed by atoms with van der Waals surface area (Å²) in [6.07, 6.45) is 2.03. The summed E-state index contributed by atoms with van der Waals surface area (Å²) in [5.41, 5.74) is 7.92. The predicted octanol–water partition coefficient (Wildman–Crippen LogP) is 2.64. The maximum Gasteiger partial charge on any atom is 0.410 e. The van der Waals surface area contributed by atoms with Crippen LogP contribution in [0.5, 0.6) is 0 Å². The van der Waals surface area contributed by atoms with Gasteiger partial charge in [0.15, 0.2) is 5.82 Å². The van der Waals surface area contributed by atoms with Crippen molar-refractivity contribution < 1.29 is 14.3 Å². The minimum atomic E-state index is -0.543. The van der Waals surface area contributed by atoms with Gasteiger partial charge in [-0.1, -0.05) is 0 Å². The molecule has 0 aliphatic carbocycles. The molecule has 1 fully saturated rings. The van der Waals surface area contributed by atoms with Gasteiger partial charge < -0.3 is 25.0 Å². The van der Waals surface area contributed by atoms with Crippen LogP contribution < -0.4 is 10.6 Å². The van der Waals surface area contributed by atoms with Crippen LogP contribution in [0.15, 0.2) is 18.3 Å². The number of carbonyl (C=O) groups excluding carboxylic acids is 1. The molecule has 31 heavy (non-hydrogen) atoms. The van der Waals surface area contributed by atoms with Crippen LogP contribution in [0.25, 0.3) is 11.4 Å². The molecule has 4 heterocycles. The average molecular weight is 427 g/mol. The largest absolute Gasteiger partial charge is 0.444 e. The number of aromatic nitrogens is 3. The van der Waals surface area contributed by atoms with Gasteiger partial charge in [0.2, 0.25) is 0 Å². The van der Waals surface area contributed by atoms with Crippen molar-refractivity contribution in [1.29, 1.82) is 0 Å². The Balaban J connectivity index is 1.73. The highest BCUT2D eigenvalue weighted by Crippen LogP contribution is 2.31. The van der Waals surface area contributed by atoms with E-state index in [2.05, 4.69) is 16.8 Å². The van der Waals surface area contributed by atoms with Crippen LogP contribution in [0, 0.1) is 0 Å². The lowest BCUT2D eigenvalue weighted by Gasteiger charge is -2.38. The van der Waals surface area contributed by atoms with Gasteiger partial charge in [-0.05, 0) is 46.2 Å². The van der Waals surface area contributed by atoms with E-state index < -0.39 is 5.60 Å². The summed E-state index contributed by atoms with van der Waals surface area (Å²) in [4.78, 5) is 30.6. The number of ether oxygens (including phenoxy) is 2. The predicted molar refractivity (Wildman–Crippen MR) is 118 cm³/mol. The van der Waals surface area contributed by atoms with Gasteiger partial charge in [-0.2, -0.15) is 0 Å². The molecule has 2 aromatic rings. The first kappa shape index (κ1) is 21.3. The number of pyridine rings is 1. The van der Waals surface area contributed by atoms with Gasteiger partial charge in [0, 0.05) is 30.4 Å². The number of hydrogen-bond donors (Lipinski definition) is 1. The molecule has 0 bridgehead atoms. The van der Waals surface area contributed by atoms with Crippen molar-refractivity contribution >= 4 is 17.7 Å². The lowest BCUT2D eigenvalue weighted by molar-refractivity contribution is 0.0220. The molecule has 9 nitrogen and oxygen atoms in total. The van der Waals surface area contributed by atoms with Gasteiger partial charge in [0.1, 0.15) is 17.2 Å². The number of morpholine rings is 1. The van der Waals surface area contributed by atoms with Gasteiger partial charge >= 0.3 is 6.09 Å². The third-order valence-electron chi connectivity index (χ3n) is 5.38. The van der Waals surface area contributed by atoms with E-state index in [1.54, 1.807) is 17.2 Å². The maximum atomic E-state index is 12.7. The second kappa shape index (κ2) is 8.30. The first-order valence-corrected chi connectivity index (χ1v) is 10.7. The number of amides is 1. The van der Waals surface area contributed by atoms with Crippen LogP contribution in [0.4, 0.5) is 16.4 Å². The van der Waals surface area contributed by atoms with Crippen molar-refractivity contribution in [2.24, 2.45) is 0 Å². The molecular weight excluding hydrogens is 396 g/mol. The van der Waals surface area contributed by atoms with Gasteiger partial charge in [0.05, 0.1) is 31.5 Å². The van der Waals surface area contributed by atoms with E-state index >= 15 is 0 Å². The molecule has 0 unspecified atom stereocenters. The molecule has 2 N–H and O–H groups in total. The standard InChI is InChI=1S/C22H30N6O3/c1-14-13-30-10-9-28(14)20-16-7-8-27(21(29)31-22(2,3)4)12-17(16)25-19(26-20)15-5-6-18(23)24-11-15/h5-6,11,14H,7-10,12-13H2,1-4H3,(H2,23,24)/t14-/m0/s1. The lowest BCUT2D eigenvalue weighted by Crippen LogP contribution is -2.46. The second-order valence-corrected chi connectivity index (χ2v) is 9.04. The molecule has 0 radical (unpaired) electrons. The van der Waals surface area contributed by atoms with Crippen LogP contribution in [0.2, 0.25) is 0 Å². The Morgan fingerprint density at radius 1 is 1.26 bits per heavy atom.